The lowest BCUT2D eigenvalue weighted by Crippen LogP contribution is -2.26. The lowest BCUT2D eigenvalue weighted by atomic mass is 9.99. The molecule has 1 atom stereocenters. The highest BCUT2D eigenvalue weighted by Gasteiger charge is 2.17. The van der Waals surface area contributed by atoms with Crippen LogP contribution in [0.4, 0.5) is 0 Å². The molecule has 154 valence electrons. The molecule has 0 fully saturated rings. The first-order valence-electron chi connectivity index (χ1n) is 9.81. The third kappa shape index (κ3) is 5.15. The lowest BCUT2D eigenvalue weighted by Gasteiger charge is -2.15. The summed E-state index contributed by atoms with van der Waals surface area (Å²) >= 11 is 0. The molecule has 29 heavy (non-hydrogen) atoms. The van der Waals surface area contributed by atoms with Gasteiger partial charge in [-0.2, -0.15) is 0 Å². The zero-order chi connectivity index (χ0) is 20.9. The summed E-state index contributed by atoms with van der Waals surface area (Å²) in [5.74, 6) is 0.692. The molecule has 2 N–H and O–H groups in total. The van der Waals surface area contributed by atoms with Crippen LogP contribution < -0.4 is 9.46 Å². The van der Waals surface area contributed by atoms with Crippen LogP contribution in [-0.4, -0.2) is 26.7 Å². The van der Waals surface area contributed by atoms with Crippen molar-refractivity contribution in [2.45, 2.75) is 37.7 Å². The number of rotatable bonds is 9. The Hall–Kier alpha value is -2.41. The molecule has 1 unspecified atom stereocenters. The third-order valence-electron chi connectivity index (χ3n) is 4.81. The molecule has 6 heteroatoms. The molecule has 0 aromatic heterocycles. The average Bonchev–Trinajstić information content (AvgIpc) is 2.72. The molecule has 0 radical (unpaired) electrons. The van der Waals surface area contributed by atoms with Crippen molar-refractivity contribution in [1.82, 2.24) is 4.72 Å². The van der Waals surface area contributed by atoms with Gasteiger partial charge in [0.05, 0.1) is 17.6 Å². The van der Waals surface area contributed by atoms with Crippen LogP contribution in [0.3, 0.4) is 0 Å². The zero-order valence-electron chi connectivity index (χ0n) is 16.8. The molecule has 0 aliphatic carbocycles. The van der Waals surface area contributed by atoms with Crippen molar-refractivity contribution >= 4 is 20.8 Å². The number of fused-ring (bicyclic) bond motifs is 1. The van der Waals surface area contributed by atoms with Crippen molar-refractivity contribution in [1.29, 1.82) is 0 Å². The van der Waals surface area contributed by atoms with E-state index in [4.69, 9.17) is 4.74 Å². The van der Waals surface area contributed by atoms with Gasteiger partial charge in [0.2, 0.25) is 10.0 Å². The number of nitrogens with one attached hydrogen (secondary N) is 1. The molecule has 0 saturated carbocycles. The smallest absolute Gasteiger partial charge is 0.240 e. The van der Waals surface area contributed by atoms with Crippen LogP contribution in [0.25, 0.3) is 10.8 Å². The number of hydrogen-bond acceptors (Lipinski definition) is 4. The van der Waals surface area contributed by atoms with Crippen molar-refractivity contribution in [3.63, 3.8) is 0 Å². The van der Waals surface area contributed by atoms with Crippen LogP contribution in [0.15, 0.2) is 65.6 Å². The minimum atomic E-state index is -3.66. The Morgan fingerprint density at radius 2 is 1.83 bits per heavy atom. The van der Waals surface area contributed by atoms with Crippen molar-refractivity contribution in [3.05, 3.63) is 71.8 Å². The van der Waals surface area contributed by atoms with E-state index in [1.807, 2.05) is 56.3 Å². The summed E-state index contributed by atoms with van der Waals surface area (Å²) in [4.78, 5) is 0.193. The maximum atomic E-state index is 12.6. The molecule has 3 aromatic rings. The summed E-state index contributed by atoms with van der Waals surface area (Å²) in [5.41, 5.74) is 1.58. The highest BCUT2D eigenvalue weighted by atomic mass is 32.2. The fourth-order valence-corrected chi connectivity index (χ4v) is 4.41. The summed E-state index contributed by atoms with van der Waals surface area (Å²) in [6.07, 6.45) is 0.416. The Morgan fingerprint density at radius 1 is 1.07 bits per heavy atom. The maximum Gasteiger partial charge on any atom is 0.240 e. The van der Waals surface area contributed by atoms with E-state index in [-0.39, 0.29) is 17.9 Å². The Morgan fingerprint density at radius 3 is 2.59 bits per heavy atom. The summed E-state index contributed by atoms with van der Waals surface area (Å²) < 4.78 is 33.4. The molecule has 3 rings (SSSR count). The first-order chi connectivity index (χ1) is 13.9. The average molecular weight is 414 g/mol. The lowest BCUT2D eigenvalue weighted by molar-refractivity contribution is 0.170. The molecule has 3 aromatic carbocycles. The quantitative estimate of drug-likeness (QED) is 0.547. The standard InChI is InChI=1S/C23H27NO4S/c1-3-15-28-23-12-11-19(16-17(23)2)29(26,27)24-14-13-22(25)21-10-6-8-18-7-4-5-9-20(18)21/h4-12,16,22,24-25H,3,13-15H2,1-2H3. The molecule has 0 saturated heterocycles. The van der Waals surface area contributed by atoms with Crippen LogP contribution in [0.2, 0.25) is 0 Å². The predicted molar refractivity (Wildman–Crippen MR) is 116 cm³/mol. The van der Waals surface area contributed by atoms with Crippen molar-refractivity contribution in [3.8, 4) is 5.75 Å². The molecule has 0 bridgehead atoms. The van der Waals surface area contributed by atoms with Gasteiger partial charge in [-0.05, 0) is 59.9 Å². The molecule has 0 amide bonds. The molecule has 0 aliphatic rings. The van der Waals surface area contributed by atoms with E-state index in [0.29, 0.717) is 12.4 Å². The van der Waals surface area contributed by atoms with Crippen LogP contribution in [-0.2, 0) is 10.0 Å². The molecule has 0 heterocycles. The Balaban J connectivity index is 1.65. The van der Waals surface area contributed by atoms with Crippen molar-refractivity contribution < 1.29 is 18.3 Å². The van der Waals surface area contributed by atoms with Gasteiger partial charge in [0, 0.05) is 6.54 Å². The van der Waals surface area contributed by atoms with Crippen LogP contribution in [0, 0.1) is 6.92 Å². The Bertz CT molecular complexity index is 1070. The highest BCUT2D eigenvalue weighted by molar-refractivity contribution is 7.89. The van der Waals surface area contributed by atoms with E-state index in [0.717, 1.165) is 28.3 Å². The van der Waals surface area contributed by atoms with Gasteiger partial charge in [0.25, 0.3) is 0 Å². The largest absolute Gasteiger partial charge is 0.493 e. The number of hydrogen-bond donors (Lipinski definition) is 2. The number of benzene rings is 3. The van der Waals surface area contributed by atoms with E-state index in [1.165, 1.54) is 0 Å². The molecular weight excluding hydrogens is 386 g/mol. The van der Waals surface area contributed by atoms with Crippen LogP contribution >= 0.6 is 0 Å². The van der Waals surface area contributed by atoms with Gasteiger partial charge < -0.3 is 9.84 Å². The van der Waals surface area contributed by atoms with E-state index >= 15 is 0 Å². The second kappa shape index (κ2) is 9.39. The minimum absolute atomic E-state index is 0.139. The monoisotopic (exact) mass is 413 g/mol. The zero-order valence-corrected chi connectivity index (χ0v) is 17.6. The minimum Gasteiger partial charge on any atom is -0.493 e. The second-order valence-corrected chi connectivity index (χ2v) is 8.81. The van der Waals surface area contributed by atoms with E-state index < -0.39 is 16.1 Å². The SMILES string of the molecule is CCCOc1ccc(S(=O)(=O)NCCC(O)c2cccc3ccccc23)cc1C. The third-order valence-corrected chi connectivity index (χ3v) is 6.27. The van der Waals surface area contributed by atoms with Gasteiger partial charge in [-0.15, -0.1) is 0 Å². The molecule has 0 spiro atoms. The number of aliphatic hydroxyl groups is 1. The maximum absolute atomic E-state index is 12.6. The Kier molecular flexibility index (Phi) is 6.90. The van der Waals surface area contributed by atoms with Crippen molar-refractivity contribution in [2.24, 2.45) is 0 Å². The first kappa shape index (κ1) is 21.3. The van der Waals surface area contributed by atoms with Gasteiger partial charge in [-0.1, -0.05) is 49.4 Å². The van der Waals surface area contributed by atoms with Gasteiger partial charge in [-0.25, -0.2) is 13.1 Å². The molecule has 5 nitrogen and oxygen atoms in total. The number of ether oxygens (including phenoxy) is 1. The topological polar surface area (TPSA) is 75.6 Å². The van der Waals surface area contributed by atoms with Gasteiger partial charge in [-0.3, -0.25) is 0 Å². The Labute approximate surface area is 172 Å². The normalized spacial score (nSPS) is 12.8. The molecular formula is C23H27NO4S. The van der Waals surface area contributed by atoms with Gasteiger partial charge in [0.15, 0.2) is 0 Å². The van der Waals surface area contributed by atoms with Crippen molar-refractivity contribution in [2.75, 3.05) is 13.2 Å². The highest BCUT2D eigenvalue weighted by Crippen LogP contribution is 2.26. The number of aliphatic hydroxyl groups excluding tert-OH is 1. The van der Waals surface area contributed by atoms with Gasteiger partial charge in [0.1, 0.15) is 5.75 Å². The summed E-state index contributed by atoms with van der Waals surface area (Å²) in [6.45, 7) is 4.58. The van der Waals surface area contributed by atoms with Crippen LogP contribution in [0.5, 0.6) is 5.75 Å². The predicted octanol–water partition coefficient (Wildman–Crippen LogP) is 4.34. The number of aryl methyl sites for hydroxylation is 1. The van der Waals surface area contributed by atoms with E-state index in [2.05, 4.69) is 4.72 Å². The van der Waals surface area contributed by atoms with E-state index in [9.17, 15) is 13.5 Å². The molecule has 0 aliphatic heterocycles. The summed E-state index contributed by atoms with van der Waals surface area (Å²) in [7, 11) is -3.66. The number of sulfonamides is 1. The summed E-state index contributed by atoms with van der Waals surface area (Å²) in [5, 5.41) is 12.6. The fraction of sp³-hybridized carbons (Fsp3) is 0.304. The summed E-state index contributed by atoms with van der Waals surface area (Å²) in [6, 6.07) is 18.4. The first-order valence-corrected chi connectivity index (χ1v) is 11.3. The van der Waals surface area contributed by atoms with E-state index in [1.54, 1.807) is 18.2 Å². The second-order valence-electron chi connectivity index (χ2n) is 7.05. The van der Waals surface area contributed by atoms with Gasteiger partial charge >= 0.3 is 0 Å². The van der Waals surface area contributed by atoms with Crippen LogP contribution in [0.1, 0.15) is 37.0 Å². The fourth-order valence-electron chi connectivity index (χ4n) is 3.27.